The molecule has 18 heavy (non-hydrogen) atoms. The third-order valence-corrected chi connectivity index (χ3v) is 2.71. The molecule has 0 aliphatic rings. The van der Waals surface area contributed by atoms with Crippen molar-refractivity contribution in [2.24, 2.45) is 16.5 Å². The summed E-state index contributed by atoms with van der Waals surface area (Å²) in [6.07, 6.45) is 0. The first kappa shape index (κ1) is 12.2. The van der Waals surface area contributed by atoms with E-state index >= 15 is 0 Å². The minimum atomic E-state index is -0.417. The topological polar surface area (TPSA) is 86.4 Å². The van der Waals surface area contributed by atoms with Crippen LogP contribution in [0.25, 0.3) is 10.9 Å². The van der Waals surface area contributed by atoms with Crippen LogP contribution in [0, 0.1) is 0 Å². The van der Waals surface area contributed by atoms with Gasteiger partial charge in [-0.3, -0.25) is 4.79 Å². The van der Waals surface area contributed by atoms with Crippen molar-refractivity contribution < 1.29 is 4.79 Å². The molecule has 0 aliphatic heterocycles. The molecule has 0 aliphatic carbocycles. The molecule has 1 heterocycles. The number of fused-ring (bicyclic) bond motifs is 1. The number of rotatable bonds is 2. The summed E-state index contributed by atoms with van der Waals surface area (Å²) in [7, 11) is 0. The Balaban J connectivity index is 2.67. The van der Waals surface area contributed by atoms with E-state index in [1.165, 1.54) is 0 Å². The second-order valence-electron chi connectivity index (χ2n) is 4.39. The first-order valence-corrected chi connectivity index (χ1v) is 5.74. The van der Waals surface area contributed by atoms with E-state index in [0.29, 0.717) is 5.69 Å². The number of aliphatic imine (C=N–C) groups is 1. The van der Waals surface area contributed by atoms with Gasteiger partial charge in [-0.15, -0.1) is 0 Å². The first-order valence-electron chi connectivity index (χ1n) is 5.74. The van der Waals surface area contributed by atoms with Crippen LogP contribution in [0.1, 0.15) is 30.4 Å². The number of para-hydroxylation sites is 1. The van der Waals surface area contributed by atoms with Gasteiger partial charge in [-0.1, -0.05) is 18.2 Å². The molecule has 1 aromatic carbocycles. The maximum atomic E-state index is 12.0. The summed E-state index contributed by atoms with van der Waals surface area (Å²) >= 11 is 0. The highest BCUT2D eigenvalue weighted by molar-refractivity contribution is 6.04. The average molecular weight is 244 g/mol. The number of guanidine groups is 1. The largest absolute Gasteiger partial charge is 0.370 e. The number of hydrogen-bond acceptors (Lipinski definition) is 1. The fraction of sp³-hybridized carbons (Fsp3) is 0.231. The van der Waals surface area contributed by atoms with Gasteiger partial charge in [0.2, 0.25) is 0 Å². The molecule has 94 valence electrons. The molecule has 0 unspecified atom stereocenters. The highest BCUT2D eigenvalue weighted by Crippen LogP contribution is 2.24. The van der Waals surface area contributed by atoms with Gasteiger partial charge in [-0.05, 0) is 26.0 Å². The number of aromatic nitrogens is 1. The van der Waals surface area contributed by atoms with E-state index in [2.05, 4.69) is 4.99 Å². The SMILES string of the molecule is CC(C)n1c(C(=O)N=C(N)N)cc2ccccc21. The zero-order chi connectivity index (χ0) is 13.3. The zero-order valence-electron chi connectivity index (χ0n) is 10.4. The Morgan fingerprint density at radius 1 is 1.28 bits per heavy atom. The van der Waals surface area contributed by atoms with Crippen LogP contribution < -0.4 is 11.5 Å². The maximum Gasteiger partial charge on any atom is 0.296 e. The van der Waals surface area contributed by atoms with Crippen LogP contribution in [0.4, 0.5) is 0 Å². The van der Waals surface area contributed by atoms with Crippen molar-refractivity contribution in [1.82, 2.24) is 4.57 Å². The van der Waals surface area contributed by atoms with Gasteiger partial charge >= 0.3 is 0 Å². The molecule has 4 N–H and O–H groups in total. The molecule has 5 nitrogen and oxygen atoms in total. The number of hydrogen-bond donors (Lipinski definition) is 2. The normalized spacial score (nSPS) is 10.8. The van der Waals surface area contributed by atoms with Gasteiger partial charge < -0.3 is 16.0 Å². The summed E-state index contributed by atoms with van der Waals surface area (Å²) in [6.45, 7) is 4.03. The Bertz CT molecular complexity index is 621. The summed E-state index contributed by atoms with van der Waals surface area (Å²) in [6, 6.07) is 9.77. The van der Waals surface area contributed by atoms with Crippen molar-refractivity contribution in [2.45, 2.75) is 19.9 Å². The highest BCUT2D eigenvalue weighted by Gasteiger charge is 2.16. The van der Waals surface area contributed by atoms with Crippen LogP contribution >= 0.6 is 0 Å². The van der Waals surface area contributed by atoms with Gasteiger partial charge in [0.15, 0.2) is 5.96 Å². The van der Waals surface area contributed by atoms with E-state index in [1.54, 1.807) is 0 Å². The molecule has 5 heteroatoms. The van der Waals surface area contributed by atoms with Crippen molar-refractivity contribution in [3.8, 4) is 0 Å². The molecule has 0 radical (unpaired) electrons. The lowest BCUT2D eigenvalue weighted by atomic mass is 10.2. The summed E-state index contributed by atoms with van der Waals surface area (Å²) < 4.78 is 1.93. The lowest BCUT2D eigenvalue weighted by Gasteiger charge is -2.12. The Hall–Kier alpha value is -2.30. The lowest BCUT2D eigenvalue weighted by molar-refractivity contribution is 0.0993. The summed E-state index contributed by atoms with van der Waals surface area (Å²) in [4.78, 5) is 15.6. The van der Waals surface area contributed by atoms with Crippen LogP contribution in [0.2, 0.25) is 0 Å². The van der Waals surface area contributed by atoms with Crippen molar-refractivity contribution >= 4 is 22.8 Å². The Morgan fingerprint density at radius 3 is 2.56 bits per heavy atom. The smallest absolute Gasteiger partial charge is 0.296 e. The molecule has 1 amide bonds. The van der Waals surface area contributed by atoms with E-state index in [4.69, 9.17) is 11.5 Å². The molecule has 0 atom stereocenters. The monoisotopic (exact) mass is 244 g/mol. The van der Waals surface area contributed by atoms with E-state index in [-0.39, 0.29) is 12.0 Å². The second-order valence-corrected chi connectivity index (χ2v) is 4.39. The van der Waals surface area contributed by atoms with Gasteiger partial charge in [0, 0.05) is 16.9 Å². The third-order valence-electron chi connectivity index (χ3n) is 2.71. The van der Waals surface area contributed by atoms with Crippen molar-refractivity contribution in [3.05, 3.63) is 36.0 Å². The molecular formula is C13H16N4O. The Kier molecular flexibility index (Phi) is 3.06. The Labute approximate surface area is 105 Å². The number of benzene rings is 1. The van der Waals surface area contributed by atoms with Crippen LogP contribution in [-0.4, -0.2) is 16.4 Å². The molecule has 1 aromatic heterocycles. The molecular weight excluding hydrogens is 228 g/mol. The summed E-state index contributed by atoms with van der Waals surface area (Å²) in [5.41, 5.74) is 12.0. The molecule has 0 spiro atoms. The highest BCUT2D eigenvalue weighted by atomic mass is 16.1. The van der Waals surface area contributed by atoms with Gasteiger partial charge in [0.05, 0.1) is 0 Å². The van der Waals surface area contributed by atoms with Crippen molar-refractivity contribution in [2.75, 3.05) is 0 Å². The maximum absolute atomic E-state index is 12.0. The average Bonchev–Trinajstić information content (AvgIpc) is 2.67. The van der Waals surface area contributed by atoms with Crippen molar-refractivity contribution in [1.29, 1.82) is 0 Å². The molecule has 2 aromatic rings. The summed E-state index contributed by atoms with van der Waals surface area (Å²) in [5.74, 6) is -0.638. The van der Waals surface area contributed by atoms with Gasteiger partial charge in [0.1, 0.15) is 5.69 Å². The first-order chi connectivity index (χ1) is 8.50. The third kappa shape index (κ3) is 2.07. The number of amides is 1. The van der Waals surface area contributed by atoms with Gasteiger partial charge in [0.25, 0.3) is 5.91 Å². The van der Waals surface area contributed by atoms with E-state index in [9.17, 15) is 4.79 Å². The van der Waals surface area contributed by atoms with Crippen LogP contribution in [0.3, 0.4) is 0 Å². The number of carbonyl (C=O) groups is 1. The quantitative estimate of drug-likeness (QED) is 0.622. The standard InChI is InChI=1S/C13H16N4O/c1-8(2)17-10-6-4-3-5-9(10)7-11(17)12(18)16-13(14)15/h3-8H,1-2H3,(H4,14,15,16,18). The number of carbonyl (C=O) groups excluding carboxylic acids is 1. The van der Waals surface area contributed by atoms with E-state index < -0.39 is 5.91 Å². The van der Waals surface area contributed by atoms with Gasteiger partial charge in [-0.25, -0.2) is 0 Å². The fourth-order valence-electron chi connectivity index (χ4n) is 2.07. The molecule has 2 rings (SSSR count). The minimum Gasteiger partial charge on any atom is -0.370 e. The summed E-state index contributed by atoms with van der Waals surface area (Å²) in [5, 5.41) is 1.00. The van der Waals surface area contributed by atoms with Crippen LogP contribution in [0.5, 0.6) is 0 Å². The Morgan fingerprint density at radius 2 is 1.94 bits per heavy atom. The number of nitrogens with zero attached hydrogens (tertiary/aromatic N) is 2. The van der Waals surface area contributed by atoms with Crippen LogP contribution in [-0.2, 0) is 0 Å². The molecule has 0 fully saturated rings. The predicted molar refractivity (Wildman–Crippen MR) is 72.5 cm³/mol. The van der Waals surface area contributed by atoms with E-state index in [0.717, 1.165) is 10.9 Å². The van der Waals surface area contributed by atoms with Crippen molar-refractivity contribution in [3.63, 3.8) is 0 Å². The zero-order valence-corrected chi connectivity index (χ0v) is 10.4. The predicted octanol–water partition coefficient (Wildman–Crippen LogP) is 1.64. The van der Waals surface area contributed by atoms with E-state index in [1.807, 2.05) is 48.7 Å². The number of nitrogens with two attached hydrogens (primary N) is 2. The van der Waals surface area contributed by atoms with Gasteiger partial charge in [-0.2, -0.15) is 4.99 Å². The second kappa shape index (κ2) is 4.52. The molecule has 0 saturated heterocycles. The molecule has 0 saturated carbocycles. The molecule has 0 bridgehead atoms. The lowest BCUT2D eigenvalue weighted by Crippen LogP contribution is -2.25. The minimum absolute atomic E-state index is 0.151. The van der Waals surface area contributed by atoms with Crippen LogP contribution in [0.15, 0.2) is 35.3 Å². The fourth-order valence-corrected chi connectivity index (χ4v) is 2.07.